The summed E-state index contributed by atoms with van der Waals surface area (Å²) >= 11 is 0. The summed E-state index contributed by atoms with van der Waals surface area (Å²) in [6.07, 6.45) is 1.96. The predicted molar refractivity (Wildman–Crippen MR) is 80.3 cm³/mol. The zero-order valence-corrected chi connectivity index (χ0v) is 12.4. The van der Waals surface area contributed by atoms with Crippen molar-refractivity contribution in [1.29, 1.82) is 0 Å². The molecule has 0 radical (unpaired) electrons. The van der Waals surface area contributed by atoms with E-state index in [4.69, 9.17) is 4.42 Å². The van der Waals surface area contributed by atoms with Gasteiger partial charge >= 0.3 is 0 Å². The molecule has 2 rings (SSSR count). The Bertz CT molecular complexity index is 562. The van der Waals surface area contributed by atoms with E-state index in [1.165, 1.54) is 12.1 Å². The van der Waals surface area contributed by atoms with Crippen molar-refractivity contribution in [2.75, 3.05) is 6.54 Å². The summed E-state index contributed by atoms with van der Waals surface area (Å²) < 4.78 is 19.2. The van der Waals surface area contributed by atoms with Crippen LogP contribution >= 0.6 is 0 Å². The Morgan fingerprint density at radius 3 is 2.80 bits per heavy atom. The number of hydrogen-bond acceptors (Lipinski definition) is 2. The molecule has 2 aromatic rings. The molecule has 0 saturated carbocycles. The van der Waals surface area contributed by atoms with Crippen LogP contribution in [0.15, 0.2) is 34.7 Å². The highest BCUT2D eigenvalue weighted by Gasteiger charge is 2.10. The first kappa shape index (κ1) is 14.8. The van der Waals surface area contributed by atoms with Gasteiger partial charge in [0, 0.05) is 18.0 Å². The Morgan fingerprint density at radius 1 is 1.25 bits per heavy atom. The van der Waals surface area contributed by atoms with Crippen LogP contribution in [0.1, 0.15) is 31.6 Å². The molecular formula is C17H22FNO. The zero-order valence-electron chi connectivity index (χ0n) is 12.4. The van der Waals surface area contributed by atoms with Crippen molar-refractivity contribution in [3.05, 3.63) is 47.5 Å². The monoisotopic (exact) mass is 275 g/mol. The van der Waals surface area contributed by atoms with Crippen molar-refractivity contribution in [1.82, 2.24) is 5.32 Å². The molecule has 3 heteroatoms. The standard InChI is InChI=1S/C17H22FNO/c1-4-9-19-13(3)10-15-7-8-17(20-15)16-11-14(18)6-5-12(16)2/h5-8,11,13,19H,4,9-10H2,1-3H3. The van der Waals surface area contributed by atoms with E-state index in [0.29, 0.717) is 6.04 Å². The number of halogens is 1. The Hall–Kier alpha value is -1.61. The van der Waals surface area contributed by atoms with Crippen LogP contribution in [0.5, 0.6) is 0 Å². The second-order valence-corrected chi connectivity index (χ2v) is 5.28. The molecule has 0 aliphatic rings. The van der Waals surface area contributed by atoms with Gasteiger partial charge in [0.05, 0.1) is 0 Å². The van der Waals surface area contributed by atoms with Crippen LogP contribution in [-0.2, 0) is 6.42 Å². The van der Waals surface area contributed by atoms with E-state index in [1.807, 2.05) is 19.1 Å². The summed E-state index contributed by atoms with van der Waals surface area (Å²) in [5.41, 5.74) is 1.84. The number of benzene rings is 1. The second kappa shape index (κ2) is 6.71. The second-order valence-electron chi connectivity index (χ2n) is 5.28. The Morgan fingerprint density at radius 2 is 2.05 bits per heavy atom. The van der Waals surface area contributed by atoms with Crippen molar-refractivity contribution in [3.63, 3.8) is 0 Å². The van der Waals surface area contributed by atoms with Gasteiger partial charge in [0.1, 0.15) is 17.3 Å². The SMILES string of the molecule is CCCNC(C)Cc1ccc(-c2cc(F)ccc2C)o1. The van der Waals surface area contributed by atoms with Crippen LogP contribution in [0.3, 0.4) is 0 Å². The van der Waals surface area contributed by atoms with Crippen LogP contribution in [0, 0.1) is 12.7 Å². The molecule has 0 bridgehead atoms. The summed E-state index contributed by atoms with van der Waals surface area (Å²) in [5, 5.41) is 3.43. The van der Waals surface area contributed by atoms with Gasteiger partial charge in [-0.05, 0) is 56.6 Å². The van der Waals surface area contributed by atoms with E-state index in [0.717, 1.165) is 42.0 Å². The molecule has 1 unspecified atom stereocenters. The van der Waals surface area contributed by atoms with E-state index in [9.17, 15) is 4.39 Å². The Labute approximate surface area is 120 Å². The number of furan rings is 1. The van der Waals surface area contributed by atoms with Gasteiger partial charge in [0.25, 0.3) is 0 Å². The third-order valence-electron chi connectivity index (χ3n) is 3.38. The highest BCUT2D eigenvalue weighted by Crippen LogP contribution is 2.26. The summed E-state index contributed by atoms with van der Waals surface area (Å²) in [6.45, 7) is 7.27. The molecule has 2 nitrogen and oxygen atoms in total. The summed E-state index contributed by atoms with van der Waals surface area (Å²) in [6, 6.07) is 9.05. The molecule has 108 valence electrons. The minimum absolute atomic E-state index is 0.235. The van der Waals surface area contributed by atoms with Gasteiger partial charge in [-0.2, -0.15) is 0 Å². The fourth-order valence-electron chi connectivity index (χ4n) is 2.26. The molecule has 0 amide bonds. The average molecular weight is 275 g/mol. The van der Waals surface area contributed by atoms with Crippen molar-refractivity contribution < 1.29 is 8.81 Å². The van der Waals surface area contributed by atoms with Crippen LogP contribution in [-0.4, -0.2) is 12.6 Å². The third-order valence-corrected chi connectivity index (χ3v) is 3.38. The lowest BCUT2D eigenvalue weighted by Crippen LogP contribution is -2.28. The normalized spacial score (nSPS) is 12.6. The first-order valence-electron chi connectivity index (χ1n) is 7.18. The van der Waals surface area contributed by atoms with Gasteiger partial charge in [-0.1, -0.05) is 13.0 Å². The van der Waals surface area contributed by atoms with Gasteiger partial charge in [0.15, 0.2) is 0 Å². The summed E-state index contributed by atoms with van der Waals surface area (Å²) in [5.74, 6) is 1.43. The molecule has 0 aliphatic carbocycles. The molecule has 0 fully saturated rings. The smallest absolute Gasteiger partial charge is 0.134 e. The van der Waals surface area contributed by atoms with Crippen molar-refractivity contribution in [2.45, 2.75) is 39.7 Å². The van der Waals surface area contributed by atoms with E-state index >= 15 is 0 Å². The first-order chi connectivity index (χ1) is 9.60. The largest absolute Gasteiger partial charge is 0.461 e. The molecule has 1 heterocycles. The minimum atomic E-state index is -0.235. The van der Waals surface area contributed by atoms with Crippen LogP contribution in [0.25, 0.3) is 11.3 Å². The summed E-state index contributed by atoms with van der Waals surface area (Å²) in [4.78, 5) is 0. The lowest BCUT2D eigenvalue weighted by molar-refractivity contribution is 0.464. The van der Waals surface area contributed by atoms with Gasteiger partial charge in [0.2, 0.25) is 0 Å². The van der Waals surface area contributed by atoms with E-state index in [1.54, 1.807) is 6.07 Å². The molecule has 1 aromatic heterocycles. The van der Waals surface area contributed by atoms with E-state index in [-0.39, 0.29) is 5.82 Å². The van der Waals surface area contributed by atoms with Crippen LogP contribution in [0.4, 0.5) is 4.39 Å². The average Bonchev–Trinajstić information content (AvgIpc) is 2.87. The van der Waals surface area contributed by atoms with Crippen LogP contribution < -0.4 is 5.32 Å². The maximum atomic E-state index is 13.3. The van der Waals surface area contributed by atoms with Crippen LogP contribution in [0.2, 0.25) is 0 Å². The molecule has 1 N–H and O–H groups in total. The molecule has 20 heavy (non-hydrogen) atoms. The lowest BCUT2D eigenvalue weighted by Gasteiger charge is -2.11. The Kier molecular flexibility index (Phi) is 4.96. The van der Waals surface area contributed by atoms with E-state index in [2.05, 4.69) is 19.2 Å². The molecule has 1 aromatic carbocycles. The predicted octanol–water partition coefficient (Wildman–Crippen LogP) is 4.32. The number of hydrogen-bond donors (Lipinski definition) is 1. The highest BCUT2D eigenvalue weighted by atomic mass is 19.1. The maximum Gasteiger partial charge on any atom is 0.134 e. The fraction of sp³-hybridized carbons (Fsp3) is 0.412. The first-order valence-corrected chi connectivity index (χ1v) is 7.18. The zero-order chi connectivity index (χ0) is 14.5. The topological polar surface area (TPSA) is 25.2 Å². The molecule has 0 saturated heterocycles. The number of nitrogens with one attached hydrogen (secondary N) is 1. The van der Waals surface area contributed by atoms with Crippen molar-refractivity contribution in [3.8, 4) is 11.3 Å². The third kappa shape index (κ3) is 3.70. The van der Waals surface area contributed by atoms with Crippen molar-refractivity contribution >= 4 is 0 Å². The van der Waals surface area contributed by atoms with E-state index < -0.39 is 0 Å². The van der Waals surface area contributed by atoms with Gasteiger partial charge in [-0.25, -0.2) is 4.39 Å². The number of aryl methyl sites for hydroxylation is 1. The van der Waals surface area contributed by atoms with Gasteiger partial charge < -0.3 is 9.73 Å². The molecule has 1 atom stereocenters. The molecular weight excluding hydrogens is 253 g/mol. The number of rotatable bonds is 6. The fourth-order valence-corrected chi connectivity index (χ4v) is 2.26. The van der Waals surface area contributed by atoms with Crippen molar-refractivity contribution in [2.24, 2.45) is 0 Å². The summed E-state index contributed by atoms with van der Waals surface area (Å²) in [7, 11) is 0. The van der Waals surface area contributed by atoms with Gasteiger partial charge in [-0.3, -0.25) is 0 Å². The molecule has 0 aliphatic heterocycles. The Balaban J connectivity index is 2.10. The highest BCUT2D eigenvalue weighted by molar-refractivity contribution is 5.62. The molecule has 0 spiro atoms. The lowest BCUT2D eigenvalue weighted by atomic mass is 10.1. The maximum absolute atomic E-state index is 13.3. The minimum Gasteiger partial charge on any atom is -0.461 e. The van der Waals surface area contributed by atoms with Gasteiger partial charge in [-0.15, -0.1) is 0 Å². The quantitative estimate of drug-likeness (QED) is 0.849.